The Hall–Kier alpha value is -0.0600. The van der Waals surface area contributed by atoms with Crippen LogP contribution in [-0.2, 0) is 0 Å². The van der Waals surface area contributed by atoms with E-state index in [1.807, 2.05) is 18.5 Å². The Morgan fingerprint density at radius 2 is 2.50 bits per heavy atom. The minimum Gasteiger partial charge on any atom is -0.376 e. The SMILES string of the molecule is CN(CO)c1cc(Br)cs1. The van der Waals surface area contributed by atoms with Crippen LogP contribution in [0.3, 0.4) is 0 Å². The molecular weight excluding hydrogens is 214 g/mol. The highest BCUT2D eigenvalue weighted by Gasteiger charge is 2.00. The molecule has 0 aliphatic carbocycles. The van der Waals surface area contributed by atoms with Crippen molar-refractivity contribution in [1.82, 2.24) is 0 Å². The third-order valence-electron chi connectivity index (χ3n) is 1.14. The van der Waals surface area contributed by atoms with E-state index in [1.165, 1.54) is 0 Å². The molecular formula is C6H8BrNOS. The molecule has 1 rings (SSSR count). The van der Waals surface area contributed by atoms with Crippen molar-refractivity contribution in [2.24, 2.45) is 0 Å². The lowest BCUT2D eigenvalue weighted by Gasteiger charge is -2.11. The molecule has 0 aliphatic rings. The molecule has 1 N–H and O–H groups in total. The van der Waals surface area contributed by atoms with Gasteiger partial charge in [0, 0.05) is 16.9 Å². The third kappa shape index (κ3) is 1.71. The average Bonchev–Trinajstić information content (AvgIpc) is 2.34. The molecule has 0 amide bonds. The van der Waals surface area contributed by atoms with Crippen molar-refractivity contribution < 1.29 is 5.11 Å². The quantitative estimate of drug-likeness (QED) is 0.772. The van der Waals surface area contributed by atoms with E-state index in [9.17, 15) is 0 Å². The number of aliphatic hydroxyl groups excluding tert-OH is 1. The van der Waals surface area contributed by atoms with Gasteiger partial charge in [-0.2, -0.15) is 0 Å². The summed E-state index contributed by atoms with van der Waals surface area (Å²) < 4.78 is 1.06. The summed E-state index contributed by atoms with van der Waals surface area (Å²) in [7, 11) is 1.85. The molecule has 1 heterocycles. The van der Waals surface area contributed by atoms with Gasteiger partial charge in [0.25, 0.3) is 0 Å². The summed E-state index contributed by atoms with van der Waals surface area (Å²) in [6, 6.07) is 1.97. The van der Waals surface area contributed by atoms with E-state index in [2.05, 4.69) is 15.9 Å². The van der Waals surface area contributed by atoms with E-state index in [4.69, 9.17) is 5.11 Å². The third-order valence-corrected chi connectivity index (χ3v) is 2.95. The number of rotatable bonds is 2. The number of hydrogen-bond donors (Lipinski definition) is 1. The summed E-state index contributed by atoms with van der Waals surface area (Å²) in [6.07, 6.45) is 0. The maximum atomic E-state index is 8.71. The fourth-order valence-electron chi connectivity index (χ4n) is 0.573. The minimum absolute atomic E-state index is 0.0625. The van der Waals surface area contributed by atoms with Crippen molar-refractivity contribution in [2.45, 2.75) is 0 Å². The van der Waals surface area contributed by atoms with E-state index in [1.54, 1.807) is 16.2 Å². The highest BCUT2D eigenvalue weighted by Crippen LogP contribution is 2.26. The topological polar surface area (TPSA) is 23.5 Å². The van der Waals surface area contributed by atoms with Crippen LogP contribution in [0.2, 0.25) is 0 Å². The first-order chi connectivity index (χ1) is 4.74. The molecule has 0 spiro atoms. The number of nitrogens with zero attached hydrogens (tertiary/aromatic N) is 1. The van der Waals surface area contributed by atoms with Crippen molar-refractivity contribution >= 4 is 32.3 Å². The summed E-state index contributed by atoms with van der Waals surface area (Å²) in [4.78, 5) is 1.77. The van der Waals surface area contributed by atoms with Crippen LogP contribution in [0.5, 0.6) is 0 Å². The van der Waals surface area contributed by atoms with Crippen molar-refractivity contribution in [3.63, 3.8) is 0 Å². The van der Waals surface area contributed by atoms with Gasteiger partial charge in [-0.15, -0.1) is 11.3 Å². The van der Waals surface area contributed by atoms with Gasteiger partial charge in [0.2, 0.25) is 0 Å². The molecule has 0 unspecified atom stereocenters. The van der Waals surface area contributed by atoms with E-state index < -0.39 is 0 Å². The van der Waals surface area contributed by atoms with Gasteiger partial charge in [0.15, 0.2) is 0 Å². The lowest BCUT2D eigenvalue weighted by atomic mass is 10.6. The first kappa shape index (κ1) is 8.04. The zero-order chi connectivity index (χ0) is 7.56. The molecule has 10 heavy (non-hydrogen) atoms. The molecule has 56 valence electrons. The van der Waals surface area contributed by atoms with Crippen molar-refractivity contribution in [1.29, 1.82) is 0 Å². The second-order valence-electron chi connectivity index (χ2n) is 1.94. The molecule has 1 aromatic rings. The van der Waals surface area contributed by atoms with E-state index in [0.717, 1.165) is 9.47 Å². The Balaban J connectivity index is 2.74. The molecule has 4 heteroatoms. The molecule has 0 aliphatic heterocycles. The van der Waals surface area contributed by atoms with Crippen LogP contribution in [0.4, 0.5) is 5.00 Å². The van der Waals surface area contributed by atoms with E-state index in [-0.39, 0.29) is 6.73 Å². The molecule has 1 aromatic heterocycles. The smallest absolute Gasteiger partial charge is 0.116 e. The van der Waals surface area contributed by atoms with Crippen LogP contribution in [0, 0.1) is 0 Å². The van der Waals surface area contributed by atoms with Gasteiger partial charge in [0.1, 0.15) is 6.73 Å². The number of thiophene rings is 1. The van der Waals surface area contributed by atoms with Crippen LogP contribution >= 0.6 is 27.3 Å². The number of halogens is 1. The molecule has 0 radical (unpaired) electrons. The van der Waals surface area contributed by atoms with Gasteiger partial charge in [0.05, 0.1) is 5.00 Å². The van der Waals surface area contributed by atoms with E-state index >= 15 is 0 Å². The summed E-state index contributed by atoms with van der Waals surface area (Å²) in [6.45, 7) is 0.0625. The normalized spacial score (nSPS) is 9.90. The number of anilines is 1. The number of aliphatic hydroxyl groups is 1. The molecule has 0 aromatic carbocycles. The fourth-order valence-corrected chi connectivity index (χ4v) is 1.96. The van der Waals surface area contributed by atoms with Gasteiger partial charge < -0.3 is 10.0 Å². The predicted octanol–water partition coefficient (Wildman–Crippen LogP) is 1.90. The Morgan fingerprint density at radius 1 is 1.80 bits per heavy atom. The van der Waals surface area contributed by atoms with Gasteiger partial charge in [-0.25, -0.2) is 0 Å². The fraction of sp³-hybridized carbons (Fsp3) is 0.333. The summed E-state index contributed by atoms with van der Waals surface area (Å²) in [5.74, 6) is 0. The molecule has 2 nitrogen and oxygen atoms in total. The van der Waals surface area contributed by atoms with Crippen LogP contribution < -0.4 is 4.90 Å². The van der Waals surface area contributed by atoms with Crippen molar-refractivity contribution in [2.75, 3.05) is 18.7 Å². The first-order valence-corrected chi connectivity index (χ1v) is 4.47. The Bertz CT molecular complexity index is 213. The van der Waals surface area contributed by atoms with Crippen molar-refractivity contribution in [3.05, 3.63) is 15.9 Å². The maximum Gasteiger partial charge on any atom is 0.116 e. The summed E-state index contributed by atoms with van der Waals surface area (Å²) >= 11 is 4.93. The molecule has 0 atom stereocenters. The molecule has 0 bridgehead atoms. The van der Waals surface area contributed by atoms with Crippen LogP contribution in [-0.4, -0.2) is 18.9 Å². The zero-order valence-electron chi connectivity index (χ0n) is 5.54. The molecule has 0 fully saturated rings. The summed E-state index contributed by atoms with van der Waals surface area (Å²) in [5, 5.41) is 11.8. The predicted molar refractivity (Wildman–Crippen MR) is 47.5 cm³/mol. The second-order valence-corrected chi connectivity index (χ2v) is 3.75. The minimum atomic E-state index is 0.0625. The maximum absolute atomic E-state index is 8.71. The van der Waals surface area contributed by atoms with Crippen molar-refractivity contribution in [3.8, 4) is 0 Å². The number of hydrogen-bond acceptors (Lipinski definition) is 3. The summed E-state index contributed by atoms with van der Waals surface area (Å²) in [5.41, 5.74) is 0. The highest BCUT2D eigenvalue weighted by molar-refractivity contribution is 9.10. The Labute approximate surface area is 72.2 Å². The lowest BCUT2D eigenvalue weighted by molar-refractivity contribution is 0.299. The Kier molecular flexibility index (Phi) is 2.71. The molecule has 0 saturated carbocycles. The van der Waals surface area contributed by atoms with Crippen LogP contribution in [0.1, 0.15) is 0 Å². The first-order valence-electron chi connectivity index (χ1n) is 2.80. The highest BCUT2D eigenvalue weighted by atomic mass is 79.9. The average molecular weight is 222 g/mol. The second kappa shape index (κ2) is 3.37. The van der Waals surface area contributed by atoms with Gasteiger partial charge >= 0.3 is 0 Å². The largest absolute Gasteiger partial charge is 0.376 e. The van der Waals surface area contributed by atoms with E-state index in [0.29, 0.717) is 0 Å². The van der Waals surface area contributed by atoms with Gasteiger partial charge in [-0.05, 0) is 22.0 Å². The van der Waals surface area contributed by atoms with Crippen LogP contribution in [0.15, 0.2) is 15.9 Å². The monoisotopic (exact) mass is 221 g/mol. The standard InChI is InChI=1S/C6H8BrNOS/c1-8(4-9)6-2-5(7)3-10-6/h2-3,9H,4H2,1H3. The zero-order valence-corrected chi connectivity index (χ0v) is 7.94. The lowest BCUT2D eigenvalue weighted by Crippen LogP contribution is -2.15. The van der Waals surface area contributed by atoms with Crippen LogP contribution in [0.25, 0.3) is 0 Å². The van der Waals surface area contributed by atoms with Gasteiger partial charge in [-0.3, -0.25) is 0 Å². The van der Waals surface area contributed by atoms with Gasteiger partial charge in [-0.1, -0.05) is 0 Å². The Morgan fingerprint density at radius 3 is 2.90 bits per heavy atom. The molecule has 0 saturated heterocycles.